The minimum Gasteiger partial charge on any atom is -0.480 e. The lowest BCUT2D eigenvalue weighted by molar-refractivity contribution is -0.139. The molecule has 14 heavy (non-hydrogen) atoms. The summed E-state index contributed by atoms with van der Waals surface area (Å²) in [6.45, 7) is 3.47. The summed E-state index contributed by atoms with van der Waals surface area (Å²) in [4.78, 5) is 21.1. The van der Waals surface area contributed by atoms with Gasteiger partial charge in [0.05, 0.1) is 0 Å². The van der Waals surface area contributed by atoms with E-state index in [0.717, 1.165) is 0 Å². The number of carboxylic acid groups (broad SMARTS) is 1. The number of aliphatic carboxylic acids is 1. The zero-order valence-corrected chi connectivity index (χ0v) is 9.13. The van der Waals surface area contributed by atoms with E-state index in [1.165, 1.54) is 11.8 Å². The van der Waals surface area contributed by atoms with Crippen LogP contribution in [0.1, 0.15) is 20.3 Å². The second-order valence-corrected chi connectivity index (χ2v) is 5.23. The molecule has 82 valence electrons. The Bertz CT molecular complexity index is 231. The average molecular weight is 220 g/mol. The molecule has 0 aliphatic carbocycles. The third kappa shape index (κ3) is 4.48. The molecule has 0 saturated carbocycles. The Hall–Kier alpha value is -0.750. The summed E-state index contributed by atoms with van der Waals surface area (Å²) < 4.78 is -0.596. The first-order chi connectivity index (χ1) is 6.27. The van der Waals surface area contributed by atoms with Crippen LogP contribution in [0, 0.1) is 0 Å². The Morgan fingerprint density at radius 1 is 1.50 bits per heavy atom. The van der Waals surface area contributed by atoms with Crippen LogP contribution >= 0.6 is 11.8 Å². The summed E-state index contributed by atoms with van der Waals surface area (Å²) in [6.07, 6.45) is 0.237. The van der Waals surface area contributed by atoms with Crippen molar-refractivity contribution in [1.29, 1.82) is 0 Å². The number of hydrogen-bond acceptors (Lipinski definition) is 4. The van der Waals surface area contributed by atoms with E-state index in [1.807, 2.05) is 0 Å². The Morgan fingerprint density at radius 3 is 2.36 bits per heavy atom. The van der Waals surface area contributed by atoms with Gasteiger partial charge >= 0.3 is 5.97 Å². The van der Waals surface area contributed by atoms with Gasteiger partial charge in [-0.3, -0.25) is 9.59 Å². The summed E-state index contributed by atoms with van der Waals surface area (Å²) in [5, 5.41) is 8.70. The van der Waals surface area contributed by atoms with Crippen molar-refractivity contribution in [1.82, 2.24) is 0 Å². The fourth-order valence-electron chi connectivity index (χ4n) is 0.802. The lowest BCUT2D eigenvalue weighted by atomic mass is 10.1. The molecule has 6 heteroatoms. The quantitative estimate of drug-likeness (QED) is 0.574. The maximum absolute atomic E-state index is 10.6. The molecule has 0 saturated heterocycles. The van der Waals surface area contributed by atoms with Gasteiger partial charge in [0, 0.05) is 16.9 Å². The standard InChI is InChI=1S/C8H16N2O3S/c1-8(2,6(10)7(12)13)14-4-3-5(9)11/h6H,3-4,10H2,1-2H3,(H2,9,11)(H,12,13)/t6-/m0/s1. The molecule has 0 aromatic rings. The van der Waals surface area contributed by atoms with E-state index in [-0.39, 0.29) is 6.42 Å². The van der Waals surface area contributed by atoms with Crippen LogP contribution in [0.5, 0.6) is 0 Å². The number of rotatable bonds is 6. The SMILES string of the molecule is CC(C)(SCCC(N)=O)[C@@H](N)C(=O)O. The third-order valence-corrected chi connectivity index (χ3v) is 3.24. The second-order valence-electron chi connectivity index (χ2n) is 3.48. The molecule has 0 radical (unpaired) electrons. The molecule has 5 N–H and O–H groups in total. The van der Waals surface area contributed by atoms with Crippen LogP contribution in [0.3, 0.4) is 0 Å². The number of nitrogens with two attached hydrogens (primary N) is 2. The molecule has 0 aromatic heterocycles. The lowest BCUT2D eigenvalue weighted by Crippen LogP contribution is -2.47. The van der Waals surface area contributed by atoms with Crippen molar-refractivity contribution in [2.75, 3.05) is 5.75 Å². The highest BCUT2D eigenvalue weighted by Crippen LogP contribution is 2.27. The normalized spacial score (nSPS) is 13.6. The maximum atomic E-state index is 10.6. The van der Waals surface area contributed by atoms with Gasteiger partial charge < -0.3 is 16.6 Å². The van der Waals surface area contributed by atoms with E-state index in [9.17, 15) is 9.59 Å². The summed E-state index contributed by atoms with van der Waals surface area (Å²) in [7, 11) is 0. The number of carbonyl (C=O) groups is 2. The third-order valence-electron chi connectivity index (χ3n) is 1.84. The van der Waals surface area contributed by atoms with Gasteiger partial charge in [-0.1, -0.05) is 0 Å². The monoisotopic (exact) mass is 220 g/mol. The van der Waals surface area contributed by atoms with Gasteiger partial charge in [-0.15, -0.1) is 0 Å². The van der Waals surface area contributed by atoms with Crippen LogP contribution in [0.25, 0.3) is 0 Å². The van der Waals surface area contributed by atoms with Crippen molar-refractivity contribution in [2.24, 2.45) is 11.5 Å². The maximum Gasteiger partial charge on any atom is 0.321 e. The number of carbonyl (C=O) groups excluding carboxylic acids is 1. The van der Waals surface area contributed by atoms with Crippen molar-refractivity contribution >= 4 is 23.6 Å². The van der Waals surface area contributed by atoms with E-state index in [1.54, 1.807) is 13.8 Å². The van der Waals surface area contributed by atoms with E-state index >= 15 is 0 Å². The second kappa shape index (κ2) is 5.21. The summed E-state index contributed by atoms with van der Waals surface area (Å²) in [5.74, 6) is -0.942. The van der Waals surface area contributed by atoms with Crippen LogP contribution in [-0.4, -0.2) is 33.5 Å². The number of amides is 1. The summed E-state index contributed by atoms with van der Waals surface area (Å²) in [5.41, 5.74) is 10.4. The van der Waals surface area contributed by atoms with Crippen molar-refractivity contribution in [3.63, 3.8) is 0 Å². The van der Waals surface area contributed by atoms with Crippen molar-refractivity contribution < 1.29 is 14.7 Å². The molecule has 0 spiro atoms. The molecule has 0 aliphatic rings. The predicted octanol–water partition coefficient (Wildman–Crippen LogP) is -0.214. The zero-order chi connectivity index (χ0) is 11.4. The van der Waals surface area contributed by atoms with Crippen molar-refractivity contribution in [3.8, 4) is 0 Å². The molecule has 0 fully saturated rings. The van der Waals surface area contributed by atoms with Crippen LogP contribution < -0.4 is 11.5 Å². The van der Waals surface area contributed by atoms with Gasteiger partial charge in [0.2, 0.25) is 5.91 Å². The van der Waals surface area contributed by atoms with Gasteiger partial charge in [0.25, 0.3) is 0 Å². The number of thioether (sulfide) groups is 1. The molecule has 0 heterocycles. The highest BCUT2D eigenvalue weighted by Gasteiger charge is 2.32. The predicted molar refractivity (Wildman–Crippen MR) is 56.0 cm³/mol. The van der Waals surface area contributed by atoms with E-state index in [2.05, 4.69) is 0 Å². The first-order valence-electron chi connectivity index (χ1n) is 4.18. The van der Waals surface area contributed by atoms with Gasteiger partial charge in [-0.05, 0) is 13.8 Å². The van der Waals surface area contributed by atoms with E-state index in [4.69, 9.17) is 16.6 Å². The highest BCUT2D eigenvalue weighted by molar-refractivity contribution is 8.00. The Labute approximate surface area is 87.2 Å². The minimum atomic E-state index is -1.04. The molecule has 0 aromatic carbocycles. The lowest BCUT2D eigenvalue weighted by Gasteiger charge is -2.27. The van der Waals surface area contributed by atoms with Crippen LogP contribution in [-0.2, 0) is 9.59 Å². The fourth-order valence-corrected chi connectivity index (χ4v) is 1.91. The molecular formula is C8H16N2O3S. The summed E-state index contributed by atoms with van der Waals surface area (Å²) in [6, 6.07) is -0.944. The van der Waals surface area contributed by atoms with Crippen LogP contribution in [0.4, 0.5) is 0 Å². The molecule has 0 aliphatic heterocycles. The zero-order valence-electron chi connectivity index (χ0n) is 8.32. The van der Waals surface area contributed by atoms with E-state index in [0.29, 0.717) is 5.75 Å². The molecule has 0 unspecified atom stereocenters. The van der Waals surface area contributed by atoms with Gasteiger partial charge in [0.1, 0.15) is 6.04 Å². The van der Waals surface area contributed by atoms with Crippen LogP contribution in [0.15, 0.2) is 0 Å². The fraction of sp³-hybridized carbons (Fsp3) is 0.750. The van der Waals surface area contributed by atoms with E-state index < -0.39 is 22.7 Å². The molecule has 1 amide bonds. The topological polar surface area (TPSA) is 106 Å². The Balaban J connectivity index is 4.06. The largest absolute Gasteiger partial charge is 0.480 e. The molecular weight excluding hydrogens is 204 g/mol. The molecule has 0 bridgehead atoms. The first-order valence-corrected chi connectivity index (χ1v) is 5.16. The van der Waals surface area contributed by atoms with Gasteiger partial charge in [0.15, 0.2) is 0 Å². The van der Waals surface area contributed by atoms with Crippen molar-refractivity contribution in [2.45, 2.75) is 31.1 Å². The Morgan fingerprint density at radius 2 is 2.00 bits per heavy atom. The molecule has 5 nitrogen and oxygen atoms in total. The van der Waals surface area contributed by atoms with Gasteiger partial charge in [-0.25, -0.2) is 0 Å². The molecule has 1 atom stereocenters. The number of hydrogen-bond donors (Lipinski definition) is 3. The van der Waals surface area contributed by atoms with Gasteiger partial charge in [-0.2, -0.15) is 11.8 Å². The average Bonchev–Trinajstić information content (AvgIpc) is 2.01. The minimum absolute atomic E-state index is 0.237. The Kier molecular flexibility index (Phi) is 4.93. The summed E-state index contributed by atoms with van der Waals surface area (Å²) >= 11 is 1.34. The van der Waals surface area contributed by atoms with Crippen molar-refractivity contribution in [3.05, 3.63) is 0 Å². The highest BCUT2D eigenvalue weighted by atomic mass is 32.2. The van der Waals surface area contributed by atoms with Crippen LogP contribution in [0.2, 0.25) is 0 Å². The number of carboxylic acids is 1. The smallest absolute Gasteiger partial charge is 0.321 e. The first kappa shape index (κ1) is 13.2. The molecule has 0 rings (SSSR count). The number of primary amides is 1.